The second kappa shape index (κ2) is 5.97. The molecule has 0 bridgehead atoms. The van der Waals surface area contributed by atoms with Gasteiger partial charge in [-0.25, -0.2) is 23.1 Å². The maximum atomic E-state index is 11.1. The van der Waals surface area contributed by atoms with Gasteiger partial charge in [-0.15, -0.1) is 0 Å². The minimum Gasteiger partial charge on any atom is -0.367 e. The molecule has 1 aromatic rings. The molecule has 0 unspecified atom stereocenters. The molecule has 1 rings (SSSR count). The number of nitrogens with one attached hydrogen (secondary N) is 2. The highest BCUT2D eigenvalue weighted by Gasteiger charge is 2.05. The van der Waals surface area contributed by atoms with E-state index in [-0.39, 0.29) is 12.3 Å². The van der Waals surface area contributed by atoms with Crippen molar-refractivity contribution in [1.29, 1.82) is 0 Å². The van der Waals surface area contributed by atoms with Gasteiger partial charge in [0.1, 0.15) is 17.2 Å². The summed E-state index contributed by atoms with van der Waals surface area (Å²) < 4.78 is 24.6. The number of halogens is 1. The van der Waals surface area contributed by atoms with E-state index >= 15 is 0 Å². The van der Waals surface area contributed by atoms with Crippen LogP contribution in [0, 0.1) is 0 Å². The second-order valence-electron chi connectivity index (χ2n) is 2.94. The van der Waals surface area contributed by atoms with Crippen molar-refractivity contribution in [2.24, 2.45) is 0 Å². The zero-order valence-corrected chi connectivity index (χ0v) is 10.3. The molecule has 0 atom stereocenters. The molecular formula is C8H13ClN4O2S. The van der Waals surface area contributed by atoms with Crippen molar-refractivity contribution in [3.05, 3.63) is 17.5 Å². The van der Waals surface area contributed by atoms with E-state index in [9.17, 15) is 8.42 Å². The summed E-state index contributed by atoms with van der Waals surface area (Å²) in [6.07, 6.45) is 2.83. The number of hydrogen-bond donors (Lipinski definition) is 2. The van der Waals surface area contributed by atoms with Crippen LogP contribution in [0.2, 0.25) is 5.02 Å². The van der Waals surface area contributed by atoms with Crippen LogP contribution in [0.1, 0.15) is 6.92 Å². The summed E-state index contributed by atoms with van der Waals surface area (Å²) in [4.78, 5) is 7.63. The predicted molar refractivity (Wildman–Crippen MR) is 63.0 cm³/mol. The molecule has 0 saturated carbocycles. The van der Waals surface area contributed by atoms with Gasteiger partial charge >= 0.3 is 0 Å². The zero-order chi connectivity index (χ0) is 12.0. The van der Waals surface area contributed by atoms with E-state index in [2.05, 4.69) is 20.0 Å². The predicted octanol–water partition coefficient (Wildman–Crippen LogP) is 0.481. The minimum atomic E-state index is -3.14. The fraction of sp³-hybridized carbons (Fsp3) is 0.500. The molecule has 1 aromatic heterocycles. The van der Waals surface area contributed by atoms with Crippen molar-refractivity contribution < 1.29 is 8.42 Å². The Morgan fingerprint density at radius 3 is 2.81 bits per heavy atom. The highest BCUT2D eigenvalue weighted by Crippen LogP contribution is 2.15. The van der Waals surface area contributed by atoms with Crippen LogP contribution in [-0.2, 0) is 10.0 Å². The van der Waals surface area contributed by atoms with Gasteiger partial charge in [0.05, 0.1) is 11.9 Å². The summed E-state index contributed by atoms with van der Waals surface area (Å²) in [6, 6.07) is 0. The van der Waals surface area contributed by atoms with E-state index in [0.29, 0.717) is 17.4 Å². The van der Waals surface area contributed by atoms with Crippen LogP contribution in [0.4, 0.5) is 5.82 Å². The number of aromatic nitrogens is 2. The first kappa shape index (κ1) is 13.1. The number of anilines is 1. The SMILES string of the molecule is CCS(=O)(=O)NCCNc1ncncc1Cl. The first-order valence-corrected chi connectivity index (χ1v) is 6.75. The fourth-order valence-electron chi connectivity index (χ4n) is 0.932. The third kappa shape index (κ3) is 4.30. The third-order valence-corrected chi connectivity index (χ3v) is 3.47. The van der Waals surface area contributed by atoms with Gasteiger partial charge in [0.15, 0.2) is 0 Å². The topological polar surface area (TPSA) is 84.0 Å². The number of hydrogen-bond acceptors (Lipinski definition) is 5. The first-order chi connectivity index (χ1) is 7.55. The smallest absolute Gasteiger partial charge is 0.211 e. The minimum absolute atomic E-state index is 0.0707. The highest BCUT2D eigenvalue weighted by molar-refractivity contribution is 7.89. The molecule has 8 heteroatoms. The van der Waals surface area contributed by atoms with Crippen molar-refractivity contribution in [3.63, 3.8) is 0 Å². The normalized spacial score (nSPS) is 11.4. The molecule has 90 valence electrons. The van der Waals surface area contributed by atoms with Crippen LogP contribution in [0.5, 0.6) is 0 Å². The average molecular weight is 265 g/mol. The van der Waals surface area contributed by atoms with Gasteiger partial charge in [-0.2, -0.15) is 0 Å². The van der Waals surface area contributed by atoms with E-state index in [0.717, 1.165) is 0 Å². The molecule has 0 saturated heterocycles. The largest absolute Gasteiger partial charge is 0.367 e. The van der Waals surface area contributed by atoms with Crippen LogP contribution in [-0.4, -0.2) is 37.2 Å². The number of rotatable bonds is 6. The van der Waals surface area contributed by atoms with Gasteiger partial charge in [-0.1, -0.05) is 11.6 Å². The fourth-order valence-corrected chi connectivity index (χ4v) is 1.72. The molecule has 0 aliphatic rings. The standard InChI is InChI=1S/C8H13ClN4O2S/c1-2-16(14,15)13-4-3-11-8-7(9)5-10-6-12-8/h5-6,13H,2-4H2,1H3,(H,10,11,12). The van der Waals surface area contributed by atoms with Crippen molar-refractivity contribution in [2.75, 3.05) is 24.2 Å². The Labute approximate surface area is 99.5 Å². The Bertz CT molecular complexity index is 437. The van der Waals surface area contributed by atoms with E-state index in [1.54, 1.807) is 6.92 Å². The Kier molecular flexibility index (Phi) is 4.91. The molecule has 6 nitrogen and oxygen atoms in total. The lowest BCUT2D eigenvalue weighted by atomic mass is 10.5. The van der Waals surface area contributed by atoms with Crippen LogP contribution < -0.4 is 10.0 Å². The lowest BCUT2D eigenvalue weighted by Crippen LogP contribution is -2.30. The molecule has 0 spiro atoms. The zero-order valence-electron chi connectivity index (χ0n) is 8.77. The van der Waals surface area contributed by atoms with Gasteiger partial charge < -0.3 is 5.32 Å². The van der Waals surface area contributed by atoms with Gasteiger partial charge in [-0.05, 0) is 6.92 Å². The summed E-state index contributed by atoms with van der Waals surface area (Å²) >= 11 is 5.79. The van der Waals surface area contributed by atoms with E-state index in [1.807, 2.05) is 0 Å². The van der Waals surface area contributed by atoms with Crippen LogP contribution in [0.25, 0.3) is 0 Å². The molecule has 0 aliphatic carbocycles. The van der Waals surface area contributed by atoms with Gasteiger partial charge in [0.2, 0.25) is 10.0 Å². The van der Waals surface area contributed by atoms with Crippen LogP contribution in [0.15, 0.2) is 12.5 Å². The Hall–Kier alpha value is -0.920. The van der Waals surface area contributed by atoms with Crippen LogP contribution in [0.3, 0.4) is 0 Å². The summed E-state index contributed by atoms with van der Waals surface area (Å²) in [5.74, 6) is 0.564. The summed E-state index contributed by atoms with van der Waals surface area (Å²) in [7, 11) is -3.14. The second-order valence-corrected chi connectivity index (χ2v) is 5.45. The van der Waals surface area contributed by atoms with Gasteiger partial charge in [-0.3, -0.25) is 0 Å². The lowest BCUT2D eigenvalue weighted by molar-refractivity contribution is 0.584. The monoisotopic (exact) mass is 264 g/mol. The molecule has 0 aromatic carbocycles. The van der Waals surface area contributed by atoms with E-state index in [1.165, 1.54) is 12.5 Å². The molecule has 0 aliphatic heterocycles. The molecule has 2 N–H and O–H groups in total. The average Bonchev–Trinajstić information content (AvgIpc) is 2.27. The van der Waals surface area contributed by atoms with E-state index in [4.69, 9.17) is 11.6 Å². The maximum absolute atomic E-state index is 11.1. The summed E-state index contributed by atoms with van der Waals surface area (Å²) in [5, 5.41) is 3.30. The number of nitrogens with zero attached hydrogens (tertiary/aromatic N) is 2. The molecule has 16 heavy (non-hydrogen) atoms. The Morgan fingerprint density at radius 1 is 1.44 bits per heavy atom. The van der Waals surface area contributed by atoms with Crippen molar-refractivity contribution in [1.82, 2.24) is 14.7 Å². The Balaban J connectivity index is 2.35. The van der Waals surface area contributed by atoms with Gasteiger partial charge in [0.25, 0.3) is 0 Å². The van der Waals surface area contributed by atoms with Crippen molar-refractivity contribution in [3.8, 4) is 0 Å². The lowest BCUT2D eigenvalue weighted by Gasteiger charge is -2.07. The Morgan fingerprint density at radius 2 is 2.19 bits per heavy atom. The maximum Gasteiger partial charge on any atom is 0.211 e. The molecule has 0 radical (unpaired) electrons. The van der Waals surface area contributed by atoms with Gasteiger partial charge in [0, 0.05) is 13.1 Å². The third-order valence-electron chi connectivity index (χ3n) is 1.79. The summed E-state index contributed by atoms with van der Waals surface area (Å²) in [5.41, 5.74) is 0. The summed E-state index contributed by atoms with van der Waals surface area (Å²) in [6.45, 7) is 2.28. The number of sulfonamides is 1. The molecule has 1 heterocycles. The van der Waals surface area contributed by atoms with Crippen molar-refractivity contribution >= 4 is 27.4 Å². The van der Waals surface area contributed by atoms with Crippen LogP contribution >= 0.6 is 11.6 Å². The molecular weight excluding hydrogens is 252 g/mol. The first-order valence-electron chi connectivity index (χ1n) is 4.72. The quantitative estimate of drug-likeness (QED) is 0.730. The highest BCUT2D eigenvalue weighted by atomic mass is 35.5. The van der Waals surface area contributed by atoms with E-state index < -0.39 is 10.0 Å². The molecule has 0 fully saturated rings. The molecule has 0 amide bonds. The van der Waals surface area contributed by atoms with Crippen molar-refractivity contribution in [2.45, 2.75) is 6.92 Å².